The summed E-state index contributed by atoms with van der Waals surface area (Å²) in [6, 6.07) is 0. The lowest BCUT2D eigenvalue weighted by Gasteiger charge is -2.32. The standard InChI is InChI=1S/C14H23F2NO3/c1-4-7-13(2,12(19)20-3)17-11(18)10-5-8-14(15,16)9-6-10/h10H,4-9H2,1-3H3,(H,17,18). The van der Waals surface area contributed by atoms with Crippen LogP contribution in [-0.4, -0.2) is 30.4 Å². The molecule has 1 aliphatic carbocycles. The van der Waals surface area contributed by atoms with E-state index in [1.165, 1.54) is 7.11 Å². The number of esters is 1. The van der Waals surface area contributed by atoms with E-state index in [0.29, 0.717) is 12.8 Å². The van der Waals surface area contributed by atoms with Gasteiger partial charge in [0.05, 0.1) is 7.11 Å². The van der Waals surface area contributed by atoms with Gasteiger partial charge in [-0.25, -0.2) is 13.6 Å². The summed E-state index contributed by atoms with van der Waals surface area (Å²) in [5.74, 6) is -3.95. The SMILES string of the molecule is CCCC(C)(NC(=O)C1CCC(F)(F)CC1)C(=O)OC. The van der Waals surface area contributed by atoms with E-state index in [1.807, 2.05) is 6.92 Å². The highest BCUT2D eigenvalue weighted by molar-refractivity contribution is 5.88. The summed E-state index contributed by atoms with van der Waals surface area (Å²) in [5, 5.41) is 2.68. The Kier molecular flexibility index (Phi) is 5.48. The van der Waals surface area contributed by atoms with Crippen LogP contribution in [-0.2, 0) is 14.3 Å². The number of ether oxygens (including phenoxy) is 1. The van der Waals surface area contributed by atoms with Crippen molar-refractivity contribution < 1.29 is 23.1 Å². The van der Waals surface area contributed by atoms with Crippen molar-refractivity contribution in [2.45, 2.75) is 63.8 Å². The number of amides is 1. The van der Waals surface area contributed by atoms with Gasteiger partial charge in [-0.15, -0.1) is 0 Å². The molecule has 0 radical (unpaired) electrons. The van der Waals surface area contributed by atoms with E-state index in [4.69, 9.17) is 4.74 Å². The molecule has 1 saturated carbocycles. The van der Waals surface area contributed by atoms with Crippen LogP contribution in [0.5, 0.6) is 0 Å². The Bertz CT molecular complexity index is 363. The highest BCUT2D eigenvalue weighted by atomic mass is 19.3. The van der Waals surface area contributed by atoms with Crippen LogP contribution < -0.4 is 5.32 Å². The van der Waals surface area contributed by atoms with Gasteiger partial charge in [0, 0.05) is 18.8 Å². The minimum atomic E-state index is -2.66. The third kappa shape index (κ3) is 4.15. The highest BCUT2D eigenvalue weighted by Gasteiger charge is 2.41. The Balaban J connectivity index is 2.65. The largest absolute Gasteiger partial charge is 0.467 e. The van der Waals surface area contributed by atoms with Crippen molar-refractivity contribution in [1.29, 1.82) is 0 Å². The predicted molar refractivity (Wildman–Crippen MR) is 70.4 cm³/mol. The van der Waals surface area contributed by atoms with Crippen LogP contribution in [0.25, 0.3) is 0 Å². The van der Waals surface area contributed by atoms with E-state index in [2.05, 4.69) is 5.32 Å². The Morgan fingerprint density at radius 2 is 1.90 bits per heavy atom. The van der Waals surface area contributed by atoms with Crippen LogP contribution in [0, 0.1) is 5.92 Å². The topological polar surface area (TPSA) is 55.4 Å². The molecule has 4 nitrogen and oxygen atoms in total. The van der Waals surface area contributed by atoms with Crippen LogP contribution in [0.3, 0.4) is 0 Å². The second-order valence-electron chi connectivity index (χ2n) is 5.69. The Labute approximate surface area is 118 Å². The zero-order valence-corrected chi connectivity index (χ0v) is 12.3. The fourth-order valence-corrected chi connectivity index (χ4v) is 2.62. The summed E-state index contributed by atoms with van der Waals surface area (Å²) in [5.41, 5.74) is -1.08. The molecule has 0 spiro atoms. The number of carbonyl (C=O) groups is 2. The quantitative estimate of drug-likeness (QED) is 0.792. The van der Waals surface area contributed by atoms with Crippen LogP contribution in [0.1, 0.15) is 52.4 Å². The number of hydrogen-bond acceptors (Lipinski definition) is 3. The number of halogens is 2. The first kappa shape index (κ1) is 16.9. The number of nitrogens with one attached hydrogen (secondary N) is 1. The first-order chi connectivity index (χ1) is 9.24. The van der Waals surface area contributed by atoms with Crippen molar-refractivity contribution in [3.8, 4) is 0 Å². The molecule has 1 N–H and O–H groups in total. The fraction of sp³-hybridized carbons (Fsp3) is 0.857. The van der Waals surface area contributed by atoms with Gasteiger partial charge in [0.25, 0.3) is 0 Å². The molecule has 116 valence electrons. The summed E-state index contributed by atoms with van der Waals surface area (Å²) in [6.07, 6.45) is 0.926. The van der Waals surface area contributed by atoms with Crippen molar-refractivity contribution in [1.82, 2.24) is 5.32 Å². The molecule has 0 aromatic rings. The van der Waals surface area contributed by atoms with Gasteiger partial charge in [-0.2, -0.15) is 0 Å². The van der Waals surface area contributed by atoms with Gasteiger partial charge in [0.2, 0.25) is 11.8 Å². The molecule has 1 rings (SSSR count). The molecule has 0 aromatic carbocycles. The maximum atomic E-state index is 13.1. The normalized spacial score (nSPS) is 21.9. The second kappa shape index (κ2) is 6.50. The molecule has 0 saturated heterocycles. The van der Waals surface area contributed by atoms with Crippen molar-refractivity contribution >= 4 is 11.9 Å². The smallest absolute Gasteiger partial charge is 0.331 e. The summed E-state index contributed by atoms with van der Waals surface area (Å²) < 4.78 is 30.9. The number of alkyl halides is 2. The molecule has 1 atom stereocenters. The fourth-order valence-electron chi connectivity index (χ4n) is 2.62. The molecule has 1 unspecified atom stereocenters. The average Bonchev–Trinajstić information content (AvgIpc) is 2.37. The van der Waals surface area contributed by atoms with Crippen molar-refractivity contribution in [3.05, 3.63) is 0 Å². The molecule has 0 bridgehead atoms. The number of methoxy groups -OCH3 is 1. The van der Waals surface area contributed by atoms with Crippen LogP contribution >= 0.6 is 0 Å². The number of hydrogen-bond donors (Lipinski definition) is 1. The summed E-state index contributed by atoms with van der Waals surface area (Å²) in [4.78, 5) is 23.9. The molecule has 20 heavy (non-hydrogen) atoms. The monoisotopic (exact) mass is 291 g/mol. The molecule has 0 aromatic heterocycles. The highest BCUT2D eigenvalue weighted by Crippen LogP contribution is 2.36. The van der Waals surface area contributed by atoms with Gasteiger partial charge < -0.3 is 10.1 Å². The summed E-state index contributed by atoms with van der Waals surface area (Å²) in [7, 11) is 1.27. The lowest BCUT2D eigenvalue weighted by molar-refractivity contribution is -0.151. The molecule has 0 aliphatic heterocycles. The number of carbonyl (C=O) groups excluding carboxylic acids is 2. The lowest BCUT2D eigenvalue weighted by atomic mass is 9.85. The Morgan fingerprint density at radius 1 is 1.35 bits per heavy atom. The average molecular weight is 291 g/mol. The van der Waals surface area contributed by atoms with Gasteiger partial charge >= 0.3 is 5.97 Å². The maximum Gasteiger partial charge on any atom is 0.331 e. The van der Waals surface area contributed by atoms with Crippen molar-refractivity contribution in [2.75, 3.05) is 7.11 Å². The first-order valence-electron chi connectivity index (χ1n) is 7.02. The van der Waals surface area contributed by atoms with Crippen LogP contribution in [0.15, 0.2) is 0 Å². The van der Waals surface area contributed by atoms with Crippen LogP contribution in [0.4, 0.5) is 8.78 Å². The zero-order valence-electron chi connectivity index (χ0n) is 12.3. The number of rotatable bonds is 5. The van der Waals surface area contributed by atoms with E-state index in [9.17, 15) is 18.4 Å². The molecule has 1 aliphatic rings. The van der Waals surface area contributed by atoms with Gasteiger partial charge in [-0.3, -0.25) is 4.79 Å². The van der Waals surface area contributed by atoms with E-state index in [-0.39, 0.29) is 31.6 Å². The molecule has 6 heteroatoms. The minimum absolute atomic E-state index is 0.155. The van der Waals surface area contributed by atoms with Gasteiger partial charge in [0.1, 0.15) is 5.54 Å². The van der Waals surface area contributed by atoms with Gasteiger partial charge in [-0.05, 0) is 26.2 Å². The molecular formula is C14H23F2NO3. The van der Waals surface area contributed by atoms with E-state index >= 15 is 0 Å². The predicted octanol–water partition coefficient (Wildman–Crippen LogP) is 2.66. The zero-order chi connectivity index (χ0) is 15.4. The van der Waals surface area contributed by atoms with E-state index in [1.54, 1.807) is 6.92 Å². The first-order valence-corrected chi connectivity index (χ1v) is 7.02. The Morgan fingerprint density at radius 3 is 2.35 bits per heavy atom. The van der Waals surface area contributed by atoms with Gasteiger partial charge in [-0.1, -0.05) is 13.3 Å². The molecular weight excluding hydrogens is 268 g/mol. The molecule has 1 amide bonds. The third-order valence-electron chi connectivity index (χ3n) is 3.87. The second-order valence-corrected chi connectivity index (χ2v) is 5.69. The third-order valence-corrected chi connectivity index (χ3v) is 3.87. The lowest BCUT2D eigenvalue weighted by Crippen LogP contribution is -2.54. The van der Waals surface area contributed by atoms with Gasteiger partial charge in [0.15, 0.2) is 0 Å². The summed E-state index contributed by atoms with van der Waals surface area (Å²) in [6.45, 7) is 3.51. The van der Waals surface area contributed by atoms with E-state index < -0.39 is 23.3 Å². The van der Waals surface area contributed by atoms with Crippen molar-refractivity contribution in [3.63, 3.8) is 0 Å². The van der Waals surface area contributed by atoms with E-state index in [0.717, 1.165) is 0 Å². The van der Waals surface area contributed by atoms with Crippen molar-refractivity contribution in [2.24, 2.45) is 5.92 Å². The maximum absolute atomic E-state index is 13.1. The molecule has 0 heterocycles. The summed E-state index contributed by atoms with van der Waals surface area (Å²) >= 11 is 0. The van der Waals surface area contributed by atoms with Crippen LogP contribution in [0.2, 0.25) is 0 Å². The molecule has 1 fully saturated rings. The minimum Gasteiger partial charge on any atom is -0.467 e. The Hall–Kier alpha value is -1.20.